The molecule has 0 unspecified atom stereocenters. The van der Waals surface area contributed by atoms with Gasteiger partial charge in [-0.3, -0.25) is 4.67 Å². The zero-order valence-electron chi connectivity index (χ0n) is 12.0. The smallest absolute Gasteiger partial charge is 0.308 e. The maximum atomic E-state index is 11.7. The number of hydrogen-bond donors (Lipinski definition) is 2. The second-order valence-corrected chi connectivity index (χ2v) is 7.00. The van der Waals surface area contributed by atoms with E-state index in [0.29, 0.717) is 5.69 Å². The Morgan fingerprint density at radius 1 is 1.37 bits per heavy atom. The van der Waals surface area contributed by atoms with E-state index in [0.717, 1.165) is 22.4 Å². The Morgan fingerprint density at radius 3 is 2.32 bits per heavy atom. The Morgan fingerprint density at radius 2 is 1.95 bits per heavy atom. The standard InChI is InChI=1S/C13H22NO3PS/c1-6-11-10(4)13(19-5)8-7-12(11)14(9(2)3)18(15,16)17/h7-9H,6H2,1-5H3,(H2,15,16,17). The summed E-state index contributed by atoms with van der Waals surface area (Å²) in [7, 11) is -4.31. The molecule has 0 aliphatic rings. The van der Waals surface area contributed by atoms with Crippen molar-refractivity contribution in [2.45, 2.75) is 45.1 Å². The highest BCUT2D eigenvalue weighted by atomic mass is 32.2. The van der Waals surface area contributed by atoms with Crippen LogP contribution in [-0.4, -0.2) is 22.1 Å². The third-order valence-electron chi connectivity index (χ3n) is 3.11. The van der Waals surface area contributed by atoms with Crippen LogP contribution in [0.15, 0.2) is 17.0 Å². The minimum absolute atomic E-state index is 0.259. The van der Waals surface area contributed by atoms with E-state index in [-0.39, 0.29) is 6.04 Å². The van der Waals surface area contributed by atoms with Crippen LogP contribution in [0.1, 0.15) is 31.9 Å². The van der Waals surface area contributed by atoms with Gasteiger partial charge in [0, 0.05) is 10.9 Å². The molecule has 0 aliphatic heterocycles. The lowest BCUT2D eigenvalue weighted by atomic mass is 10.0. The van der Waals surface area contributed by atoms with Crippen molar-refractivity contribution < 1.29 is 14.4 Å². The molecule has 1 aromatic carbocycles. The molecular weight excluding hydrogens is 281 g/mol. The summed E-state index contributed by atoms with van der Waals surface area (Å²) in [5.41, 5.74) is 2.75. The quantitative estimate of drug-likeness (QED) is 0.643. The van der Waals surface area contributed by atoms with Crippen molar-refractivity contribution in [3.63, 3.8) is 0 Å². The summed E-state index contributed by atoms with van der Waals surface area (Å²) >= 11 is 1.65. The monoisotopic (exact) mass is 303 g/mol. The van der Waals surface area contributed by atoms with Gasteiger partial charge < -0.3 is 9.79 Å². The van der Waals surface area contributed by atoms with Crippen LogP contribution < -0.4 is 4.67 Å². The predicted molar refractivity (Wildman–Crippen MR) is 82.0 cm³/mol. The first-order valence-electron chi connectivity index (χ1n) is 6.25. The number of hydrogen-bond acceptors (Lipinski definition) is 2. The van der Waals surface area contributed by atoms with Gasteiger partial charge >= 0.3 is 7.75 Å². The molecule has 1 rings (SSSR count). The van der Waals surface area contributed by atoms with E-state index < -0.39 is 7.75 Å². The lowest BCUT2D eigenvalue weighted by Crippen LogP contribution is -2.28. The molecule has 0 amide bonds. The molecule has 0 radical (unpaired) electrons. The van der Waals surface area contributed by atoms with Crippen molar-refractivity contribution in [2.24, 2.45) is 0 Å². The molecule has 0 atom stereocenters. The van der Waals surface area contributed by atoms with Gasteiger partial charge in [-0.15, -0.1) is 11.8 Å². The average Bonchev–Trinajstić information content (AvgIpc) is 2.27. The number of anilines is 1. The minimum atomic E-state index is -4.31. The van der Waals surface area contributed by atoms with Gasteiger partial charge in [-0.1, -0.05) is 6.92 Å². The fourth-order valence-electron chi connectivity index (χ4n) is 2.32. The molecule has 0 heterocycles. The SMILES string of the molecule is CCc1c(N(C(C)C)P(=O)(O)O)ccc(SC)c1C. The van der Waals surface area contributed by atoms with E-state index in [4.69, 9.17) is 0 Å². The Hall–Kier alpha value is -0.480. The lowest BCUT2D eigenvalue weighted by molar-refractivity contribution is 0.364. The number of benzene rings is 1. The summed E-state index contributed by atoms with van der Waals surface area (Å²) in [6, 6.07) is 3.49. The molecule has 0 aliphatic carbocycles. The van der Waals surface area contributed by atoms with Crippen LogP contribution in [0, 0.1) is 6.92 Å². The maximum absolute atomic E-state index is 11.7. The highest BCUT2D eigenvalue weighted by Crippen LogP contribution is 2.47. The van der Waals surface area contributed by atoms with Crippen LogP contribution >= 0.6 is 19.5 Å². The van der Waals surface area contributed by atoms with Crippen LogP contribution in [0.3, 0.4) is 0 Å². The zero-order chi connectivity index (χ0) is 14.8. The van der Waals surface area contributed by atoms with Crippen molar-refractivity contribution in [1.82, 2.24) is 0 Å². The molecule has 0 spiro atoms. The highest BCUT2D eigenvalue weighted by molar-refractivity contribution is 7.98. The van der Waals surface area contributed by atoms with Crippen molar-refractivity contribution in [1.29, 1.82) is 0 Å². The number of thioether (sulfide) groups is 1. The summed E-state index contributed by atoms with van der Waals surface area (Å²) in [6.45, 7) is 7.59. The first kappa shape index (κ1) is 16.6. The molecule has 6 heteroatoms. The molecule has 0 saturated carbocycles. The molecule has 0 fully saturated rings. The van der Waals surface area contributed by atoms with Gasteiger partial charge in [-0.05, 0) is 56.7 Å². The summed E-state index contributed by atoms with van der Waals surface area (Å²) in [6.07, 6.45) is 2.75. The summed E-state index contributed by atoms with van der Waals surface area (Å²) in [5.74, 6) is 0. The molecule has 1 aromatic rings. The van der Waals surface area contributed by atoms with E-state index in [2.05, 4.69) is 0 Å². The van der Waals surface area contributed by atoms with Crippen LogP contribution in [0.5, 0.6) is 0 Å². The first-order chi connectivity index (χ1) is 8.73. The predicted octanol–water partition coefficient (Wildman–Crippen LogP) is 3.59. The average molecular weight is 303 g/mol. The number of rotatable bonds is 5. The van der Waals surface area contributed by atoms with Gasteiger partial charge in [-0.2, -0.15) is 0 Å². The zero-order valence-corrected chi connectivity index (χ0v) is 13.8. The van der Waals surface area contributed by atoms with Gasteiger partial charge in [0.15, 0.2) is 0 Å². The van der Waals surface area contributed by atoms with Crippen LogP contribution in [0.2, 0.25) is 0 Å². The highest BCUT2D eigenvalue weighted by Gasteiger charge is 2.30. The molecule has 19 heavy (non-hydrogen) atoms. The van der Waals surface area contributed by atoms with Gasteiger partial charge in [0.25, 0.3) is 0 Å². The fraction of sp³-hybridized carbons (Fsp3) is 0.538. The largest absolute Gasteiger partial charge is 0.430 e. The van der Waals surface area contributed by atoms with E-state index in [1.165, 1.54) is 4.67 Å². The molecular formula is C13H22NO3PS. The lowest BCUT2D eigenvalue weighted by Gasteiger charge is -2.31. The van der Waals surface area contributed by atoms with E-state index >= 15 is 0 Å². The normalized spacial score (nSPS) is 12.0. The molecule has 2 N–H and O–H groups in total. The molecule has 108 valence electrons. The fourth-order valence-corrected chi connectivity index (χ4v) is 4.03. The third-order valence-corrected chi connectivity index (χ3v) is 5.23. The van der Waals surface area contributed by atoms with Gasteiger partial charge in [-0.25, -0.2) is 4.57 Å². The van der Waals surface area contributed by atoms with Gasteiger partial charge in [0.05, 0.1) is 5.69 Å². The Balaban J connectivity index is 3.48. The summed E-state index contributed by atoms with van der Waals surface area (Å²) in [4.78, 5) is 20.3. The minimum Gasteiger partial charge on any atom is -0.308 e. The molecule has 0 bridgehead atoms. The van der Waals surface area contributed by atoms with E-state index in [9.17, 15) is 14.4 Å². The molecule has 0 aromatic heterocycles. The Kier molecular flexibility index (Phi) is 5.51. The Bertz CT molecular complexity index is 499. The molecule has 4 nitrogen and oxygen atoms in total. The van der Waals surface area contributed by atoms with Crippen LogP contribution in [0.4, 0.5) is 5.69 Å². The van der Waals surface area contributed by atoms with Gasteiger partial charge in [0.2, 0.25) is 0 Å². The van der Waals surface area contributed by atoms with Crippen molar-refractivity contribution in [2.75, 3.05) is 10.9 Å². The second kappa shape index (κ2) is 6.31. The summed E-state index contributed by atoms with van der Waals surface area (Å²) < 4.78 is 12.9. The first-order valence-corrected chi connectivity index (χ1v) is 9.04. The van der Waals surface area contributed by atoms with Crippen LogP contribution in [0.25, 0.3) is 0 Å². The van der Waals surface area contributed by atoms with Gasteiger partial charge in [0.1, 0.15) is 0 Å². The third kappa shape index (κ3) is 3.54. The van der Waals surface area contributed by atoms with Crippen molar-refractivity contribution in [3.8, 4) is 0 Å². The van der Waals surface area contributed by atoms with E-state index in [1.54, 1.807) is 25.6 Å². The van der Waals surface area contributed by atoms with Crippen molar-refractivity contribution in [3.05, 3.63) is 23.3 Å². The van der Waals surface area contributed by atoms with E-state index in [1.807, 2.05) is 32.2 Å². The second-order valence-electron chi connectivity index (χ2n) is 4.70. The number of nitrogens with zero attached hydrogens (tertiary/aromatic N) is 1. The Labute approximate surface area is 119 Å². The summed E-state index contributed by atoms with van der Waals surface area (Å²) in [5, 5.41) is 0. The maximum Gasteiger partial charge on any atom is 0.430 e. The van der Waals surface area contributed by atoms with Crippen molar-refractivity contribution >= 4 is 25.2 Å². The molecule has 0 saturated heterocycles. The topological polar surface area (TPSA) is 60.8 Å². The van der Waals surface area contributed by atoms with Crippen LogP contribution in [-0.2, 0) is 11.0 Å².